The van der Waals surface area contributed by atoms with Crippen LogP contribution in [0.5, 0.6) is 0 Å². The number of ether oxygens (including phenoxy) is 1. The highest BCUT2D eigenvalue weighted by atomic mass is 32.1. The minimum absolute atomic E-state index is 0.0766. The van der Waals surface area contributed by atoms with Gasteiger partial charge in [0.05, 0.1) is 6.10 Å². The van der Waals surface area contributed by atoms with Gasteiger partial charge in [-0.2, -0.15) is 0 Å². The van der Waals surface area contributed by atoms with Gasteiger partial charge in [0.25, 0.3) is 0 Å². The van der Waals surface area contributed by atoms with Crippen molar-refractivity contribution in [3.63, 3.8) is 0 Å². The van der Waals surface area contributed by atoms with Crippen molar-refractivity contribution in [2.75, 3.05) is 13.2 Å². The molecule has 2 unspecified atom stereocenters. The number of aliphatic hydroxyl groups is 1. The monoisotopic (exact) mass is 257 g/mol. The van der Waals surface area contributed by atoms with Gasteiger partial charge >= 0.3 is 0 Å². The molecule has 0 saturated carbocycles. The Hall–Kier alpha value is -0.420. The Morgan fingerprint density at radius 2 is 2.18 bits per heavy atom. The van der Waals surface area contributed by atoms with Gasteiger partial charge in [-0.25, -0.2) is 0 Å². The highest BCUT2D eigenvalue weighted by Crippen LogP contribution is 2.21. The molecule has 1 aromatic rings. The first-order valence-electron chi connectivity index (χ1n) is 6.17. The Bertz CT molecular complexity index is 288. The molecule has 0 amide bonds. The van der Waals surface area contributed by atoms with Crippen LogP contribution in [0.4, 0.5) is 0 Å². The summed E-state index contributed by atoms with van der Waals surface area (Å²) < 4.78 is 5.46. The van der Waals surface area contributed by atoms with Crippen molar-refractivity contribution in [1.29, 1.82) is 0 Å². The third-order valence-electron chi connectivity index (χ3n) is 2.55. The van der Waals surface area contributed by atoms with E-state index in [2.05, 4.69) is 5.32 Å². The molecular formula is C13H23NO2S. The maximum Gasteiger partial charge on any atom is 0.103 e. The summed E-state index contributed by atoms with van der Waals surface area (Å²) in [6.07, 6.45) is 0.852. The van der Waals surface area contributed by atoms with Crippen molar-refractivity contribution in [2.24, 2.45) is 0 Å². The number of nitrogens with one attached hydrogen (secondary N) is 1. The van der Waals surface area contributed by atoms with E-state index in [9.17, 15) is 5.11 Å². The molecule has 2 N–H and O–H groups in total. The Kier molecular flexibility index (Phi) is 6.73. The van der Waals surface area contributed by atoms with E-state index in [1.54, 1.807) is 11.3 Å². The predicted molar refractivity (Wildman–Crippen MR) is 72.4 cm³/mol. The van der Waals surface area contributed by atoms with Crippen molar-refractivity contribution in [2.45, 2.75) is 45.4 Å². The van der Waals surface area contributed by atoms with Crippen LogP contribution < -0.4 is 5.32 Å². The van der Waals surface area contributed by atoms with Gasteiger partial charge in [0.1, 0.15) is 6.10 Å². The molecule has 0 aliphatic rings. The van der Waals surface area contributed by atoms with Crippen molar-refractivity contribution < 1.29 is 9.84 Å². The SMILES string of the molecule is CC(C)OCCCNC(C)C(O)c1cccs1. The minimum atomic E-state index is -0.416. The van der Waals surface area contributed by atoms with Crippen LogP contribution >= 0.6 is 11.3 Å². The molecular weight excluding hydrogens is 234 g/mol. The summed E-state index contributed by atoms with van der Waals surface area (Å²) in [5.41, 5.74) is 0. The lowest BCUT2D eigenvalue weighted by Gasteiger charge is -2.19. The third-order valence-corrected chi connectivity index (χ3v) is 3.49. The molecule has 1 aromatic heterocycles. The molecule has 1 heterocycles. The molecule has 2 atom stereocenters. The largest absolute Gasteiger partial charge is 0.386 e. The van der Waals surface area contributed by atoms with Gasteiger partial charge in [-0.05, 0) is 45.2 Å². The van der Waals surface area contributed by atoms with Crippen LogP contribution in [-0.2, 0) is 4.74 Å². The second-order valence-corrected chi connectivity index (χ2v) is 5.46. The van der Waals surface area contributed by atoms with E-state index < -0.39 is 6.10 Å². The van der Waals surface area contributed by atoms with Gasteiger partial charge < -0.3 is 15.2 Å². The maximum absolute atomic E-state index is 10.0. The van der Waals surface area contributed by atoms with Crippen molar-refractivity contribution >= 4 is 11.3 Å². The molecule has 0 saturated heterocycles. The van der Waals surface area contributed by atoms with Gasteiger partial charge in [0.2, 0.25) is 0 Å². The van der Waals surface area contributed by atoms with Crippen molar-refractivity contribution in [3.05, 3.63) is 22.4 Å². The standard InChI is InChI=1S/C13H23NO2S/c1-10(2)16-8-5-7-14-11(3)13(15)12-6-4-9-17-12/h4,6,9-11,13-15H,5,7-8H2,1-3H3. The van der Waals surface area contributed by atoms with Gasteiger partial charge in [0.15, 0.2) is 0 Å². The van der Waals surface area contributed by atoms with Crippen LogP contribution in [0.3, 0.4) is 0 Å². The molecule has 0 aliphatic heterocycles. The molecule has 0 bridgehead atoms. The Labute approximate surface area is 108 Å². The van der Waals surface area contributed by atoms with Crippen LogP contribution in [-0.4, -0.2) is 30.4 Å². The van der Waals surface area contributed by atoms with Crippen LogP contribution in [0.25, 0.3) is 0 Å². The second-order valence-electron chi connectivity index (χ2n) is 4.48. The van der Waals surface area contributed by atoms with E-state index in [4.69, 9.17) is 4.74 Å². The summed E-state index contributed by atoms with van der Waals surface area (Å²) in [7, 11) is 0. The average Bonchev–Trinajstić information content (AvgIpc) is 2.80. The Balaban J connectivity index is 2.14. The molecule has 0 spiro atoms. The van der Waals surface area contributed by atoms with Crippen LogP contribution in [0.15, 0.2) is 17.5 Å². The summed E-state index contributed by atoms with van der Waals surface area (Å²) >= 11 is 1.59. The lowest BCUT2D eigenvalue weighted by Crippen LogP contribution is -2.33. The zero-order valence-electron chi connectivity index (χ0n) is 10.8. The molecule has 0 fully saturated rings. The number of rotatable bonds is 8. The average molecular weight is 257 g/mol. The molecule has 17 heavy (non-hydrogen) atoms. The van der Waals surface area contributed by atoms with Crippen LogP contribution in [0.2, 0.25) is 0 Å². The van der Waals surface area contributed by atoms with E-state index in [0.717, 1.165) is 24.4 Å². The normalized spacial score (nSPS) is 15.1. The molecule has 0 aromatic carbocycles. The fourth-order valence-corrected chi connectivity index (χ4v) is 2.35. The van der Waals surface area contributed by atoms with E-state index in [1.807, 2.05) is 38.3 Å². The Morgan fingerprint density at radius 3 is 2.76 bits per heavy atom. The topological polar surface area (TPSA) is 41.5 Å². The highest BCUT2D eigenvalue weighted by molar-refractivity contribution is 7.10. The van der Waals surface area contributed by atoms with Gasteiger partial charge in [0, 0.05) is 17.5 Å². The van der Waals surface area contributed by atoms with Crippen LogP contribution in [0, 0.1) is 0 Å². The second kappa shape index (κ2) is 7.82. The first-order chi connectivity index (χ1) is 8.11. The first kappa shape index (κ1) is 14.6. The maximum atomic E-state index is 10.0. The summed E-state index contributed by atoms with van der Waals surface area (Å²) in [5, 5.41) is 15.3. The molecule has 3 nitrogen and oxygen atoms in total. The van der Waals surface area contributed by atoms with Crippen molar-refractivity contribution in [1.82, 2.24) is 5.32 Å². The predicted octanol–water partition coefficient (Wildman–Crippen LogP) is 2.57. The summed E-state index contributed by atoms with van der Waals surface area (Å²) in [5.74, 6) is 0. The lowest BCUT2D eigenvalue weighted by molar-refractivity contribution is 0.0748. The number of thiophene rings is 1. The smallest absolute Gasteiger partial charge is 0.103 e. The van der Waals surface area contributed by atoms with E-state index in [0.29, 0.717) is 6.10 Å². The summed E-state index contributed by atoms with van der Waals surface area (Å²) in [4.78, 5) is 1.02. The fraction of sp³-hybridized carbons (Fsp3) is 0.692. The van der Waals surface area contributed by atoms with E-state index in [1.165, 1.54) is 0 Å². The fourth-order valence-electron chi connectivity index (χ4n) is 1.54. The number of hydrogen-bond acceptors (Lipinski definition) is 4. The third kappa shape index (κ3) is 5.64. The molecule has 0 radical (unpaired) electrons. The van der Waals surface area contributed by atoms with Gasteiger partial charge in [-0.1, -0.05) is 6.07 Å². The lowest BCUT2D eigenvalue weighted by atomic mass is 10.1. The zero-order chi connectivity index (χ0) is 12.7. The molecule has 1 rings (SSSR count). The zero-order valence-corrected chi connectivity index (χ0v) is 11.7. The van der Waals surface area contributed by atoms with Gasteiger partial charge in [-0.15, -0.1) is 11.3 Å². The van der Waals surface area contributed by atoms with E-state index in [-0.39, 0.29) is 6.04 Å². The number of hydrogen-bond donors (Lipinski definition) is 2. The van der Waals surface area contributed by atoms with Gasteiger partial charge in [-0.3, -0.25) is 0 Å². The quantitative estimate of drug-likeness (QED) is 0.703. The summed E-state index contributed by atoms with van der Waals surface area (Å²) in [6, 6.07) is 4.01. The summed E-state index contributed by atoms with van der Waals surface area (Å²) in [6.45, 7) is 7.73. The number of aliphatic hydroxyl groups excluding tert-OH is 1. The minimum Gasteiger partial charge on any atom is -0.386 e. The molecule has 98 valence electrons. The Morgan fingerprint density at radius 1 is 1.41 bits per heavy atom. The van der Waals surface area contributed by atoms with E-state index >= 15 is 0 Å². The molecule has 4 heteroatoms. The molecule has 0 aliphatic carbocycles. The van der Waals surface area contributed by atoms with Crippen LogP contribution in [0.1, 0.15) is 38.2 Å². The first-order valence-corrected chi connectivity index (χ1v) is 7.05. The van der Waals surface area contributed by atoms with Crippen molar-refractivity contribution in [3.8, 4) is 0 Å². The highest BCUT2D eigenvalue weighted by Gasteiger charge is 2.16.